The Morgan fingerprint density at radius 2 is 1.09 bits per heavy atom. The van der Waals surface area contributed by atoms with E-state index in [1.807, 2.05) is 6.08 Å². The number of para-hydroxylation sites is 3. The van der Waals surface area contributed by atoms with Gasteiger partial charge in [-0.1, -0.05) is 170 Å². The van der Waals surface area contributed by atoms with Crippen molar-refractivity contribution in [3.63, 3.8) is 0 Å². The van der Waals surface area contributed by atoms with E-state index in [-0.39, 0.29) is 0 Å². The molecule has 2 heterocycles. The minimum Gasteiger partial charge on any atom is -0.309 e. The fraction of sp³-hybridized carbons (Fsp3) is 0.0545. The predicted molar refractivity (Wildman–Crippen MR) is 246 cm³/mol. The molecule has 9 rings (SSSR count). The highest BCUT2D eigenvalue weighted by molar-refractivity contribution is 6.09. The fourth-order valence-electron chi connectivity index (χ4n) is 8.29. The lowest BCUT2D eigenvalue weighted by Crippen LogP contribution is -2.02. The molecule has 0 saturated heterocycles. The van der Waals surface area contributed by atoms with Crippen LogP contribution in [0.2, 0.25) is 0 Å². The summed E-state index contributed by atoms with van der Waals surface area (Å²) in [5.41, 5.74) is 16.4. The van der Waals surface area contributed by atoms with Crippen molar-refractivity contribution >= 4 is 56.0 Å². The molecule has 7 aromatic carbocycles. The summed E-state index contributed by atoms with van der Waals surface area (Å²) in [5, 5.41) is 3.67. The first-order valence-corrected chi connectivity index (χ1v) is 19.7. The first-order valence-electron chi connectivity index (χ1n) is 19.7. The van der Waals surface area contributed by atoms with E-state index in [9.17, 15) is 0 Å². The zero-order valence-electron chi connectivity index (χ0n) is 32.4. The second-order valence-corrected chi connectivity index (χ2v) is 14.6. The monoisotopic (exact) mass is 732 g/mol. The second-order valence-electron chi connectivity index (χ2n) is 14.6. The van der Waals surface area contributed by atoms with Gasteiger partial charge in [0.1, 0.15) is 0 Å². The number of allylic oxidation sites excluding steroid dienone is 5. The Bertz CT molecular complexity index is 2930. The Morgan fingerprint density at radius 3 is 1.70 bits per heavy atom. The highest BCUT2D eigenvalue weighted by Gasteiger charge is 2.18. The molecule has 0 N–H and O–H groups in total. The van der Waals surface area contributed by atoms with Gasteiger partial charge in [0, 0.05) is 33.1 Å². The van der Waals surface area contributed by atoms with E-state index in [0.29, 0.717) is 0 Å². The van der Waals surface area contributed by atoms with Crippen molar-refractivity contribution in [2.75, 3.05) is 0 Å². The van der Waals surface area contributed by atoms with Crippen molar-refractivity contribution in [1.29, 1.82) is 0 Å². The summed E-state index contributed by atoms with van der Waals surface area (Å²) in [6.07, 6.45) is 11.8. The average molecular weight is 733 g/mol. The maximum Gasteiger partial charge on any atom is 0.0541 e. The van der Waals surface area contributed by atoms with E-state index < -0.39 is 0 Å². The molecule has 0 fully saturated rings. The Balaban J connectivity index is 1.24. The standard InChI is InChI=1S/C55H44N2/c1-4-18-52-48(5-2)49-23-12-15-26-53(49)56(52)46-36-45(37-47(38-46)57-54-27-16-13-24-50(54)51-25-14-17-28-55(51)57)43-33-31-42(32-34-43)44(30-29-40-19-8-6-9-20-40)35-39(3)41-21-10-7-11-22-41/h4-28,30-38H,2,29H2,1,3H3/b18-4-,39-35+,44-30+. The molecule has 0 spiro atoms. The molecule has 0 aliphatic carbocycles. The summed E-state index contributed by atoms with van der Waals surface area (Å²) in [6.45, 7) is 8.53. The zero-order chi connectivity index (χ0) is 38.7. The Kier molecular flexibility index (Phi) is 9.68. The molecule has 0 aliphatic heterocycles. The molecule has 274 valence electrons. The summed E-state index contributed by atoms with van der Waals surface area (Å²) < 4.78 is 4.81. The molecular weight excluding hydrogens is 689 g/mol. The van der Waals surface area contributed by atoms with E-state index in [0.717, 1.165) is 45.7 Å². The van der Waals surface area contributed by atoms with Crippen molar-refractivity contribution in [2.24, 2.45) is 0 Å². The highest BCUT2D eigenvalue weighted by Crippen LogP contribution is 2.38. The number of aromatic nitrogens is 2. The first kappa shape index (κ1) is 35.5. The largest absolute Gasteiger partial charge is 0.309 e. The molecule has 0 atom stereocenters. The molecule has 0 bridgehead atoms. The second kappa shape index (κ2) is 15.5. The number of benzene rings is 7. The molecule has 0 saturated carbocycles. The third-order valence-electron chi connectivity index (χ3n) is 11.0. The average Bonchev–Trinajstić information content (AvgIpc) is 3.78. The third-order valence-corrected chi connectivity index (χ3v) is 11.0. The van der Waals surface area contributed by atoms with Crippen molar-refractivity contribution in [3.8, 4) is 22.5 Å². The fourth-order valence-corrected chi connectivity index (χ4v) is 8.29. The maximum atomic E-state index is 4.25. The summed E-state index contributed by atoms with van der Waals surface area (Å²) in [4.78, 5) is 0. The van der Waals surface area contributed by atoms with Gasteiger partial charge >= 0.3 is 0 Å². The van der Waals surface area contributed by atoms with Crippen molar-refractivity contribution in [2.45, 2.75) is 20.3 Å². The zero-order valence-corrected chi connectivity index (χ0v) is 32.4. The summed E-state index contributed by atoms with van der Waals surface area (Å²) in [5.74, 6) is 0. The van der Waals surface area contributed by atoms with Crippen LogP contribution in [-0.4, -0.2) is 9.13 Å². The third kappa shape index (κ3) is 6.77. The van der Waals surface area contributed by atoms with Crippen LogP contribution in [0.15, 0.2) is 201 Å². The van der Waals surface area contributed by atoms with Crippen LogP contribution in [0.4, 0.5) is 0 Å². The molecule has 0 radical (unpaired) electrons. The van der Waals surface area contributed by atoms with Crippen LogP contribution in [0.5, 0.6) is 0 Å². The maximum absolute atomic E-state index is 4.25. The van der Waals surface area contributed by atoms with Gasteiger partial charge in [-0.05, 0) is 102 Å². The number of rotatable bonds is 10. The van der Waals surface area contributed by atoms with E-state index in [2.05, 4.69) is 230 Å². The molecule has 2 heteroatoms. The minimum atomic E-state index is 0.854. The number of hydrogen-bond donors (Lipinski definition) is 0. The Morgan fingerprint density at radius 1 is 0.544 bits per heavy atom. The van der Waals surface area contributed by atoms with Gasteiger partial charge in [-0.3, -0.25) is 0 Å². The van der Waals surface area contributed by atoms with E-state index in [1.165, 1.54) is 55.0 Å². The Labute approximate surface area is 335 Å². The van der Waals surface area contributed by atoms with Crippen LogP contribution in [0.25, 0.3) is 78.5 Å². The molecule has 57 heavy (non-hydrogen) atoms. The van der Waals surface area contributed by atoms with Gasteiger partial charge in [0.05, 0.1) is 22.2 Å². The van der Waals surface area contributed by atoms with Gasteiger partial charge in [-0.25, -0.2) is 0 Å². The Hall–Kier alpha value is -7.16. The SMILES string of the molecule is C=Cc1c(/C=C\C)n(-c2cc(-c3ccc(C(/C=C(\C)c4ccccc4)=C/Cc4ccccc4)cc3)cc(-n3c4ccccc4c4ccccc43)c2)c2ccccc12. The normalized spacial score (nSPS) is 12.3. The van der Waals surface area contributed by atoms with E-state index >= 15 is 0 Å². The molecule has 0 unspecified atom stereocenters. The van der Waals surface area contributed by atoms with Gasteiger partial charge < -0.3 is 9.13 Å². The van der Waals surface area contributed by atoms with Crippen molar-refractivity contribution in [1.82, 2.24) is 9.13 Å². The summed E-state index contributed by atoms with van der Waals surface area (Å²) in [6, 6.07) is 63.6. The lowest BCUT2D eigenvalue weighted by Gasteiger charge is -2.17. The van der Waals surface area contributed by atoms with Crippen LogP contribution < -0.4 is 0 Å². The van der Waals surface area contributed by atoms with Crippen LogP contribution in [0, 0.1) is 0 Å². The van der Waals surface area contributed by atoms with Crippen LogP contribution in [-0.2, 0) is 6.42 Å². The van der Waals surface area contributed by atoms with E-state index in [4.69, 9.17) is 0 Å². The lowest BCUT2D eigenvalue weighted by atomic mass is 9.95. The van der Waals surface area contributed by atoms with Gasteiger partial charge in [0.15, 0.2) is 0 Å². The molecule has 0 aliphatic rings. The van der Waals surface area contributed by atoms with Crippen molar-refractivity contribution in [3.05, 3.63) is 229 Å². The lowest BCUT2D eigenvalue weighted by molar-refractivity contribution is 1.09. The summed E-state index contributed by atoms with van der Waals surface area (Å²) in [7, 11) is 0. The van der Waals surface area contributed by atoms with Gasteiger partial charge in [0.25, 0.3) is 0 Å². The van der Waals surface area contributed by atoms with Gasteiger partial charge in [-0.2, -0.15) is 0 Å². The van der Waals surface area contributed by atoms with Crippen LogP contribution in [0.1, 0.15) is 41.8 Å². The first-order chi connectivity index (χ1) is 28.1. The van der Waals surface area contributed by atoms with Crippen LogP contribution in [0.3, 0.4) is 0 Å². The predicted octanol–water partition coefficient (Wildman–Crippen LogP) is 14.8. The van der Waals surface area contributed by atoms with Crippen molar-refractivity contribution < 1.29 is 0 Å². The molecule has 9 aromatic rings. The minimum absolute atomic E-state index is 0.854. The topological polar surface area (TPSA) is 9.86 Å². The smallest absolute Gasteiger partial charge is 0.0541 e. The van der Waals surface area contributed by atoms with Crippen LogP contribution >= 0.6 is 0 Å². The quantitative estimate of drug-likeness (QED) is 0.124. The summed E-state index contributed by atoms with van der Waals surface area (Å²) >= 11 is 0. The van der Waals surface area contributed by atoms with Gasteiger partial charge in [0.2, 0.25) is 0 Å². The molecule has 2 aromatic heterocycles. The molecular formula is C55H44N2. The van der Waals surface area contributed by atoms with E-state index in [1.54, 1.807) is 0 Å². The molecule has 2 nitrogen and oxygen atoms in total. The number of nitrogens with zero attached hydrogens (tertiary/aromatic N) is 2. The number of hydrogen-bond acceptors (Lipinski definition) is 0. The highest BCUT2D eigenvalue weighted by atomic mass is 15.0. The van der Waals surface area contributed by atoms with Gasteiger partial charge in [-0.15, -0.1) is 0 Å². The number of fused-ring (bicyclic) bond motifs is 4. The molecule has 0 amide bonds.